The number of alkyl carbamates (subject to hydrolysis) is 1. The molecule has 1 aliphatic heterocycles. The molecule has 0 spiro atoms. The number of hydrogen-bond donors (Lipinski definition) is 1. The van der Waals surface area contributed by atoms with Crippen molar-refractivity contribution < 1.29 is 9.53 Å². The van der Waals surface area contributed by atoms with Crippen LogP contribution in [0.3, 0.4) is 0 Å². The Morgan fingerprint density at radius 1 is 1.00 bits per heavy atom. The Bertz CT molecular complexity index is 761. The topological polar surface area (TPSA) is 44.8 Å². The summed E-state index contributed by atoms with van der Waals surface area (Å²) in [6.07, 6.45) is -0.336. The van der Waals surface area contributed by atoms with Gasteiger partial charge in [-0.25, -0.2) is 4.79 Å². The van der Waals surface area contributed by atoms with E-state index in [-0.39, 0.29) is 6.09 Å². The van der Waals surface area contributed by atoms with E-state index in [4.69, 9.17) is 4.74 Å². The van der Waals surface area contributed by atoms with Crippen molar-refractivity contribution in [1.82, 2.24) is 15.1 Å². The molecule has 27 heavy (non-hydrogen) atoms. The maximum atomic E-state index is 11.7. The van der Waals surface area contributed by atoms with Gasteiger partial charge in [0.2, 0.25) is 0 Å². The minimum Gasteiger partial charge on any atom is -0.444 e. The lowest BCUT2D eigenvalue weighted by Gasteiger charge is -2.34. The Kier molecular flexibility index (Phi) is 6.34. The van der Waals surface area contributed by atoms with Gasteiger partial charge in [0.25, 0.3) is 0 Å². The number of fused-ring (bicyclic) bond motifs is 1. The molecule has 0 unspecified atom stereocenters. The van der Waals surface area contributed by atoms with Crippen molar-refractivity contribution in [2.75, 3.05) is 39.3 Å². The molecular formula is C22H31N3O2. The number of nitrogens with zero attached hydrogens (tertiary/aromatic N) is 2. The summed E-state index contributed by atoms with van der Waals surface area (Å²) in [5, 5.41) is 5.44. The van der Waals surface area contributed by atoms with Crippen LogP contribution in [0.4, 0.5) is 4.79 Å². The van der Waals surface area contributed by atoms with Crippen molar-refractivity contribution in [1.29, 1.82) is 0 Å². The van der Waals surface area contributed by atoms with E-state index in [9.17, 15) is 4.79 Å². The summed E-state index contributed by atoms with van der Waals surface area (Å²) in [7, 11) is 0. The molecule has 146 valence electrons. The molecule has 0 atom stereocenters. The van der Waals surface area contributed by atoms with Crippen molar-refractivity contribution in [2.24, 2.45) is 0 Å². The standard InChI is InChI=1S/C22H31N3O2/c1-22(2,3)27-21(26)23-10-11-24-12-14-25(15-13-24)17-18-8-9-19-6-4-5-7-20(19)16-18/h4-9,16H,10-15,17H2,1-3H3,(H,23,26). The molecule has 5 heteroatoms. The summed E-state index contributed by atoms with van der Waals surface area (Å²) in [4.78, 5) is 16.6. The van der Waals surface area contributed by atoms with E-state index >= 15 is 0 Å². The lowest BCUT2D eigenvalue weighted by Crippen LogP contribution is -2.48. The minimum atomic E-state index is -0.446. The lowest BCUT2D eigenvalue weighted by molar-refractivity contribution is 0.0515. The van der Waals surface area contributed by atoms with Crippen LogP contribution in [0.25, 0.3) is 10.8 Å². The average Bonchev–Trinajstić information content (AvgIpc) is 2.61. The number of nitrogens with one attached hydrogen (secondary N) is 1. The van der Waals surface area contributed by atoms with Crippen molar-refractivity contribution in [2.45, 2.75) is 32.9 Å². The fraction of sp³-hybridized carbons (Fsp3) is 0.500. The Morgan fingerprint density at radius 2 is 1.67 bits per heavy atom. The lowest BCUT2D eigenvalue weighted by atomic mass is 10.1. The van der Waals surface area contributed by atoms with Crippen LogP contribution >= 0.6 is 0 Å². The maximum Gasteiger partial charge on any atom is 0.407 e. The van der Waals surface area contributed by atoms with Gasteiger partial charge >= 0.3 is 6.09 Å². The predicted octanol–water partition coefficient (Wildman–Crippen LogP) is 3.48. The van der Waals surface area contributed by atoms with Crippen LogP contribution in [-0.2, 0) is 11.3 Å². The average molecular weight is 370 g/mol. The quantitative estimate of drug-likeness (QED) is 0.876. The monoisotopic (exact) mass is 369 g/mol. The molecule has 0 aromatic heterocycles. The van der Waals surface area contributed by atoms with Gasteiger partial charge in [0.15, 0.2) is 0 Å². The van der Waals surface area contributed by atoms with Crippen LogP contribution < -0.4 is 5.32 Å². The Labute approximate surface area is 162 Å². The van der Waals surface area contributed by atoms with E-state index in [1.807, 2.05) is 20.8 Å². The molecular weight excluding hydrogens is 338 g/mol. The predicted molar refractivity (Wildman–Crippen MR) is 110 cm³/mol. The normalized spacial score (nSPS) is 16.4. The molecule has 0 saturated carbocycles. The molecule has 1 N–H and O–H groups in total. The Balaban J connectivity index is 1.39. The molecule has 3 rings (SSSR count). The van der Waals surface area contributed by atoms with E-state index in [2.05, 4.69) is 57.6 Å². The minimum absolute atomic E-state index is 0.336. The van der Waals surface area contributed by atoms with Gasteiger partial charge in [0.05, 0.1) is 0 Å². The zero-order chi connectivity index (χ0) is 19.3. The molecule has 2 aromatic rings. The number of rotatable bonds is 5. The number of amides is 1. The highest BCUT2D eigenvalue weighted by atomic mass is 16.6. The first kappa shape index (κ1) is 19.6. The number of ether oxygens (including phenoxy) is 1. The molecule has 0 aliphatic carbocycles. The smallest absolute Gasteiger partial charge is 0.407 e. The number of hydrogen-bond acceptors (Lipinski definition) is 4. The first-order valence-electron chi connectivity index (χ1n) is 9.78. The summed E-state index contributed by atoms with van der Waals surface area (Å²) >= 11 is 0. The highest BCUT2D eigenvalue weighted by Gasteiger charge is 2.18. The zero-order valence-corrected chi connectivity index (χ0v) is 16.7. The molecule has 1 heterocycles. The van der Waals surface area contributed by atoms with Crippen LogP contribution in [0, 0.1) is 0 Å². The van der Waals surface area contributed by atoms with Crippen molar-refractivity contribution >= 4 is 16.9 Å². The number of piperazine rings is 1. The van der Waals surface area contributed by atoms with Crippen molar-refractivity contribution in [3.05, 3.63) is 48.0 Å². The number of benzene rings is 2. The SMILES string of the molecule is CC(C)(C)OC(=O)NCCN1CCN(Cc2ccc3ccccc3c2)CC1. The highest BCUT2D eigenvalue weighted by molar-refractivity contribution is 5.82. The summed E-state index contributed by atoms with van der Waals surface area (Å²) in [6, 6.07) is 15.3. The van der Waals surface area contributed by atoms with Gasteiger partial charge in [-0.3, -0.25) is 9.80 Å². The van der Waals surface area contributed by atoms with Crippen molar-refractivity contribution in [3.63, 3.8) is 0 Å². The molecule has 1 fully saturated rings. The fourth-order valence-electron chi connectivity index (χ4n) is 3.40. The molecule has 5 nitrogen and oxygen atoms in total. The van der Waals surface area contributed by atoms with Gasteiger partial charge in [-0.15, -0.1) is 0 Å². The zero-order valence-electron chi connectivity index (χ0n) is 16.7. The summed E-state index contributed by atoms with van der Waals surface area (Å²) in [5.74, 6) is 0. The molecule has 2 aromatic carbocycles. The van der Waals surface area contributed by atoms with E-state index in [0.717, 1.165) is 39.3 Å². The van der Waals surface area contributed by atoms with E-state index < -0.39 is 5.60 Å². The van der Waals surface area contributed by atoms with Gasteiger partial charge in [-0.2, -0.15) is 0 Å². The van der Waals surface area contributed by atoms with Crippen molar-refractivity contribution in [3.8, 4) is 0 Å². The highest BCUT2D eigenvalue weighted by Crippen LogP contribution is 2.17. The third kappa shape index (κ3) is 6.22. The summed E-state index contributed by atoms with van der Waals surface area (Å²) < 4.78 is 5.26. The van der Waals surface area contributed by atoms with E-state index in [0.29, 0.717) is 6.54 Å². The second kappa shape index (κ2) is 8.72. The molecule has 1 aliphatic rings. The van der Waals surface area contributed by atoms with Gasteiger partial charge in [0.1, 0.15) is 5.60 Å². The van der Waals surface area contributed by atoms with Crippen LogP contribution in [0.5, 0.6) is 0 Å². The molecule has 1 saturated heterocycles. The van der Waals surface area contributed by atoms with Gasteiger partial charge in [-0.05, 0) is 43.2 Å². The largest absolute Gasteiger partial charge is 0.444 e. The first-order chi connectivity index (χ1) is 12.9. The van der Waals surface area contributed by atoms with Crippen LogP contribution in [0.1, 0.15) is 26.3 Å². The summed E-state index contributed by atoms with van der Waals surface area (Å²) in [6.45, 7) is 12.3. The second-order valence-electron chi connectivity index (χ2n) is 8.23. The van der Waals surface area contributed by atoms with Crippen LogP contribution in [0.2, 0.25) is 0 Å². The summed E-state index contributed by atoms with van der Waals surface area (Å²) in [5.41, 5.74) is 0.923. The molecule has 0 radical (unpaired) electrons. The molecule has 1 amide bonds. The van der Waals surface area contributed by atoms with Gasteiger partial charge in [0, 0.05) is 45.8 Å². The van der Waals surface area contributed by atoms with Gasteiger partial charge < -0.3 is 10.1 Å². The number of carbonyl (C=O) groups is 1. The maximum absolute atomic E-state index is 11.7. The van der Waals surface area contributed by atoms with Gasteiger partial charge in [-0.1, -0.05) is 36.4 Å². The fourth-order valence-corrected chi connectivity index (χ4v) is 3.40. The first-order valence-corrected chi connectivity index (χ1v) is 9.78. The van der Waals surface area contributed by atoms with Crippen LogP contribution in [-0.4, -0.2) is 60.8 Å². The number of carbonyl (C=O) groups excluding carboxylic acids is 1. The van der Waals surface area contributed by atoms with E-state index in [1.54, 1.807) is 0 Å². The Hall–Kier alpha value is -2.11. The third-order valence-corrected chi connectivity index (χ3v) is 4.78. The van der Waals surface area contributed by atoms with E-state index in [1.165, 1.54) is 16.3 Å². The Morgan fingerprint density at radius 3 is 2.37 bits per heavy atom. The van der Waals surface area contributed by atoms with Crippen LogP contribution in [0.15, 0.2) is 42.5 Å². The molecule has 0 bridgehead atoms. The third-order valence-electron chi connectivity index (χ3n) is 4.78. The second-order valence-corrected chi connectivity index (χ2v) is 8.23.